The second-order valence-electron chi connectivity index (χ2n) is 9.72. The third-order valence-corrected chi connectivity index (χ3v) is 7.50. The highest BCUT2D eigenvalue weighted by Gasteiger charge is 2.35. The van der Waals surface area contributed by atoms with E-state index in [0.29, 0.717) is 51.0 Å². The number of rotatable bonds is 5. The van der Waals surface area contributed by atoms with Crippen molar-refractivity contribution in [2.45, 2.75) is 38.3 Å². The summed E-state index contributed by atoms with van der Waals surface area (Å²) in [6.45, 7) is 1.98. The third kappa shape index (κ3) is 4.81. The maximum Gasteiger partial charge on any atom is 0.414 e. The van der Waals surface area contributed by atoms with Gasteiger partial charge in [-0.15, -0.1) is 0 Å². The Hall–Kier alpha value is -4.15. The van der Waals surface area contributed by atoms with Crippen LogP contribution in [0.3, 0.4) is 0 Å². The number of ether oxygens (including phenoxy) is 1. The molecule has 1 unspecified atom stereocenters. The zero-order valence-electron chi connectivity index (χ0n) is 20.4. The molecule has 1 atom stereocenters. The number of cyclic esters (lactones) is 1. The van der Waals surface area contributed by atoms with Crippen LogP contribution in [-0.4, -0.2) is 60.0 Å². The van der Waals surface area contributed by atoms with Crippen molar-refractivity contribution < 1.29 is 24.0 Å². The summed E-state index contributed by atoms with van der Waals surface area (Å²) in [5.41, 5.74) is 7.74. The quantitative estimate of drug-likeness (QED) is 0.485. The lowest BCUT2D eigenvalue weighted by Gasteiger charge is -2.40. The van der Waals surface area contributed by atoms with Crippen LogP contribution < -0.4 is 15.5 Å². The number of hydrogen-bond acceptors (Lipinski definition) is 7. The van der Waals surface area contributed by atoms with Crippen LogP contribution in [0.5, 0.6) is 0 Å². The molecule has 3 amide bonds. The second-order valence-corrected chi connectivity index (χ2v) is 9.72. The molecular weight excluding hydrogens is 478 g/mol. The summed E-state index contributed by atoms with van der Waals surface area (Å²) in [7, 11) is 0. The fourth-order valence-electron chi connectivity index (χ4n) is 5.53. The van der Waals surface area contributed by atoms with Gasteiger partial charge < -0.3 is 20.3 Å². The second kappa shape index (κ2) is 10.1. The Morgan fingerprint density at radius 3 is 2.51 bits per heavy atom. The van der Waals surface area contributed by atoms with Gasteiger partial charge in [0.25, 0.3) is 11.6 Å². The monoisotopic (exact) mass is 507 g/mol. The molecule has 2 aromatic carbocycles. The van der Waals surface area contributed by atoms with Gasteiger partial charge in [-0.05, 0) is 43.9 Å². The minimum atomic E-state index is -0.473. The fourth-order valence-corrected chi connectivity index (χ4v) is 5.53. The van der Waals surface area contributed by atoms with Crippen LogP contribution in [0.2, 0.25) is 0 Å². The first-order chi connectivity index (χ1) is 17.8. The van der Waals surface area contributed by atoms with Crippen molar-refractivity contribution >= 4 is 35.0 Å². The maximum atomic E-state index is 13.1. The number of likely N-dealkylation sites (tertiary alicyclic amines) is 1. The number of anilines is 2. The number of nitrogens with two attached hydrogens (primary N) is 1. The van der Waals surface area contributed by atoms with Crippen LogP contribution in [0.15, 0.2) is 42.5 Å². The Labute approximate surface area is 213 Å². The minimum absolute atomic E-state index is 0.0811. The number of nitrogens with zero attached hydrogens (tertiary/aromatic N) is 4. The lowest BCUT2D eigenvalue weighted by molar-refractivity contribution is -0.384. The van der Waals surface area contributed by atoms with E-state index in [0.717, 1.165) is 11.3 Å². The number of nitro groups is 1. The number of fused-ring (bicyclic) bond motifs is 1. The number of benzene rings is 2. The van der Waals surface area contributed by atoms with Gasteiger partial charge in [0.2, 0.25) is 5.91 Å². The number of carbonyl (C=O) groups excluding carboxylic acids is 3. The van der Waals surface area contributed by atoms with E-state index in [1.165, 1.54) is 6.07 Å². The maximum absolute atomic E-state index is 13.1. The topological polar surface area (TPSA) is 139 Å². The molecule has 2 N–H and O–H groups in total. The first-order valence-electron chi connectivity index (χ1n) is 12.5. The molecule has 11 nitrogen and oxygen atoms in total. The van der Waals surface area contributed by atoms with Gasteiger partial charge in [0.05, 0.1) is 16.5 Å². The lowest BCUT2D eigenvalue weighted by atomic mass is 9.96. The molecule has 0 bridgehead atoms. The standard InChI is InChI=1S/C26H29N5O6/c27-24(32)18-5-3-11-29(15-18)25(33)17-7-8-22(23(14-17)31(35)36)28-12-9-20(10-13-28)30-21-6-2-1-4-19(21)16-37-26(30)34/h1-2,4,6-8,14,18,20H,3,5,9-13,15-16H2,(H2,27,32). The number of hydrogen-bond donors (Lipinski definition) is 1. The van der Waals surface area contributed by atoms with Gasteiger partial charge in [-0.2, -0.15) is 0 Å². The van der Waals surface area contributed by atoms with Crippen LogP contribution >= 0.6 is 0 Å². The molecule has 0 spiro atoms. The summed E-state index contributed by atoms with van der Waals surface area (Å²) >= 11 is 0. The Morgan fingerprint density at radius 2 is 1.78 bits per heavy atom. The molecule has 0 aromatic heterocycles. The number of nitro benzene ring substituents is 1. The average molecular weight is 508 g/mol. The molecule has 3 aliphatic heterocycles. The normalized spacial score (nSPS) is 20.3. The van der Waals surface area contributed by atoms with Crippen molar-refractivity contribution in [3.63, 3.8) is 0 Å². The molecule has 2 fully saturated rings. The van der Waals surface area contributed by atoms with E-state index in [1.807, 2.05) is 29.2 Å². The van der Waals surface area contributed by atoms with E-state index in [9.17, 15) is 24.5 Å². The van der Waals surface area contributed by atoms with Crippen molar-refractivity contribution in [2.75, 3.05) is 36.0 Å². The van der Waals surface area contributed by atoms with E-state index < -0.39 is 16.7 Å². The van der Waals surface area contributed by atoms with Crippen molar-refractivity contribution in [2.24, 2.45) is 11.7 Å². The Balaban J connectivity index is 1.31. The molecule has 2 saturated heterocycles. The predicted octanol–water partition coefficient (Wildman–Crippen LogP) is 3.06. The fraction of sp³-hybridized carbons (Fsp3) is 0.423. The third-order valence-electron chi connectivity index (χ3n) is 7.50. The summed E-state index contributed by atoms with van der Waals surface area (Å²) in [6.07, 6.45) is 2.15. The summed E-state index contributed by atoms with van der Waals surface area (Å²) < 4.78 is 5.36. The van der Waals surface area contributed by atoms with E-state index in [1.54, 1.807) is 21.9 Å². The lowest BCUT2D eigenvalue weighted by Crippen LogP contribution is -2.49. The smallest absolute Gasteiger partial charge is 0.414 e. The number of piperidine rings is 2. The zero-order valence-corrected chi connectivity index (χ0v) is 20.4. The van der Waals surface area contributed by atoms with Gasteiger partial charge >= 0.3 is 6.09 Å². The Kier molecular flexibility index (Phi) is 6.68. The van der Waals surface area contributed by atoms with Gasteiger partial charge in [0.15, 0.2) is 0 Å². The summed E-state index contributed by atoms with van der Waals surface area (Å²) in [5, 5.41) is 12.0. The summed E-state index contributed by atoms with van der Waals surface area (Å²) in [4.78, 5) is 53.9. The summed E-state index contributed by atoms with van der Waals surface area (Å²) in [5.74, 6) is -1.19. The SMILES string of the molecule is NC(=O)C1CCCN(C(=O)c2ccc(N3CCC(N4C(=O)OCc5ccccc54)CC3)c([N+](=O)[O-])c2)C1. The molecule has 0 saturated carbocycles. The molecule has 11 heteroatoms. The number of amides is 3. The zero-order chi connectivity index (χ0) is 26.1. The number of carbonyl (C=O) groups is 3. The van der Waals surface area contributed by atoms with Gasteiger partial charge in [-0.3, -0.25) is 24.6 Å². The van der Waals surface area contributed by atoms with E-state index in [2.05, 4.69) is 0 Å². The molecule has 0 radical (unpaired) electrons. The highest BCUT2D eigenvalue weighted by Crippen LogP contribution is 2.35. The van der Waals surface area contributed by atoms with E-state index in [4.69, 9.17) is 10.5 Å². The molecule has 5 rings (SSSR count). The van der Waals surface area contributed by atoms with Gasteiger partial charge in [-0.1, -0.05) is 18.2 Å². The Morgan fingerprint density at radius 1 is 1.03 bits per heavy atom. The van der Waals surface area contributed by atoms with Gasteiger partial charge in [0, 0.05) is 49.4 Å². The highest BCUT2D eigenvalue weighted by molar-refractivity contribution is 5.96. The number of primary amides is 1. The Bertz CT molecular complexity index is 1240. The van der Waals surface area contributed by atoms with Crippen molar-refractivity contribution in [1.82, 2.24) is 4.90 Å². The van der Waals surface area contributed by atoms with Gasteiger partial charge in [-0.25, -0.2) is 4.79 Å². The molecule has 0 aliphatic carbocycles. The first-order valence-corrected chi connectivity index (χ1v) is 12.5. The van der Waals surface area contributed by atoms with E-state index >= 15 is 0 Å². The van der Waals surface area contributed by atoms with Crippen molar-refractivity contribution in [3.05, 3.63) is 63.7 Å². The van der Waals surface area contributed by atoms with E-state index in [-0.39, 0.29) is 42.4 Å². The first kappa shape index (κ1) is 24.5. The molecule has 2 aromatic rings. The summed E-state index contributed by atoms with van der Waals surface area (Å²) in [6, 6.07) is 12.1. The van der Waals surface area contributed by atoms with Crippen LogP contribution in [0.25, 0.3) is 0 Å². The molecule has 37 heavy (non-hydrogen) atoms. The van der Waals surface area contributed by atoms with Crippen LogP contribution in [0.4, 0.5) is 21.9 Å². The van der Waals surface area contributed by atoms with Gasteiger partial charge in [0.1, 0.15) is 12.3 Å². The van der Waals surface area contributed by atoms with Crippen LogP contribution in [0.1, 0.15) is 41.6 Å². The molecule has 194 valence electrons. The minimum Gasteiger partial charge on any atom is -0.444 e. The molecule has 3 heterocycles. The average Bonchev–Trinajstić information content (AvgIpc) is 2.92. The van der Waals surface area contributed by atoms with Crippen LogP contribution in [-0.2, 0) is 16.1 Å². The molecular formula is C26H29N5O6. The van der Waals surface area contributed by atoms with Crippen molar-refractivity contribution in [3.8, 4) is 0 Å². The highest BCUT2D eigenvalue weighted by atomic mass is 16.6. The number of para-hydroxylation sites is 1. The largest absolute Gasteiger partial charge is 0.444 e. The van der Waals surface area contributed by atoms with Crippen LogP contribution in [0, 0.1) is 16.0 Å². The predicted molar refractivity (Wildman–Crippen MR) is 135 cm³/mol. The van der Waals surface area contributed by atoms with Crippen molar-refractivity contribution in [1.29, 1.82) is 0 Å². The molecule has 3 aliphatic rings.